The molecular weight excluding hydrogens is 947 g/mol. The molecule has 0 saturated heterocycles. The smallest absolute Gasteiger partial charge is 0.164 e. The Labute approximate surface area is 399 Å². The van der Waals surface area contributed by atoms with Gasteiger partial charge in [-0.3, -0.25) is 4.79 Å². The molecular formula is C47H37Cl3N6O6S3. The number of carbonyl (C=O) groups excluding carboxylic acids is 1. The fourth-order valence-corrected chi connectivity index (χ4v) is 11.7. The van der Waals surface area contributed by atoms with Crippen molar-refractivity contribution in [3.63, 3.8) is 0 Å². The Morgan fingerprint density at radius 2 is 1.12 bits per heavy atom. The van der Waals surface area contributed by atoms with Gasteiger partial charge in [-0.25, -0.2) is 29.9 Å². The van der Waals surface area contributed by atoms with Crippen LogP contribution in [0, 0.1) is 6.92 Å². The van der Waals surface area contributed by atoms with E-state index in [1.54, 1.807) is 7.11 Å². The van der Waals surface area contributed by atoms with Crippen LogP contribution in [0.25, 0.3) is 62.0 Å². The molecule has 18 heteroatoms. The Morgan fingerprint density at radius 1 is 0.615 bits per heavy atom. The van der Waals surface area contributed by atoms with Crippen LogP contribution in [0.4, 0.5) is 0 Å². The molecule has 0 aliphatic rings. The summed E-state index contributed by atoms with van der Waals surface area (Å²) < 4.78 is 25.9. The van der Waals surface area contributed by atoms with Crippen LogP contribution in [0.3, 0.4) is 0 Å². The predicted octanol–water partition coefficient (Wildman–Crippen LogP) is 12.9. The molecule has 330 valence electrons. The van der Waals surface area contributed by atoms with E-state index in [0.717, 1.165) is 43.7 Å². The van der Waals surface area contributed by atoms with Crippen LogP contribution in [0.5, 0.6) is 28.7 Å². The van der Waals surface area contributed by atoms with Crippen LogP contribution in [0.2, 0.25) is 15.5 Å². The molecule has 1 N–H and O–H groups in total. The van der Waals surface area contributed by atoms with Crippen molar-refractivity contribution in [3.05, 3.63) is 110 Å². The van der Waals surface area contributed by atoms with Gasteiger partial charge in [-0.05, 0) is 80.8 Å². The first-order chi connectivity index (χ1) is 31.5. The van der Waals surface area contributed by atoms with Crippen molar-refractivity contribution in [2.75, 3.05) is 26.9 Å². The molecule has 0 aliphatic carbocycles. The van der Waals surface area contributed by atoms with E-state index in [9.17, 15) is 9.90 Å². The van der Waals surface area contributed by atoms with E-state index in [-0.39, 0.29) is 16.1 Å². The monoisotopic (exact) mass is 982 g/mol. The van der Waals surface area contributed by atoms with Gasteiger partial charge >= 0.3 is 0 Å². The lowest BCUT2D eigenvalue weighted by Crippen LogP contribution is -2.00. The number of fused-ring (bicyclic) bond motifs is 3. The third kappa shape index (κ3) is 8.41. The summed E-state index contributed by atoms with van der Waals surface area (Å²) in [6, 6.07) is 17.4. The maximum atomic E-state index is 12.6. The van der Waals surface area contributed by atoms with E-state index in [4.69, 9.17) is 63.7 Å². The number of ether oxygens (including phenoxy) is 4. The lowest BCUT2D eigenvalue weighted by molar-refractivity contribution is 0.112. The zero-order chi connectivity index (χ0) is 45.5. The number of aromatic nitrogens is 6. The van der Waals surface area contributed by atoms with Crippen molar-refractivity contribution in [2.45, 2.75) is 40.5 Å². The number of benzene rings is 3. The van der Waals surface area contributed by atoms with E-state index in [2.05, 4.69) is 19.9 Å². The highest BCUT2D eigenvalue weighted by atomic mass is 35.5. The lowest BCUT2D eigenvalue weighted by atomic mass is 10.0. The van der Waals surface area contributed by atoms with E-state index in [0.29, 0.717) is 119 Å². The molecule has 0 spiro atoms. The molecule has 0 unspecified atom stereocenters. The molecule has 0 radical (unpaired) electrons. The van der Waals surface area contributed by atoms with Gasteiger partial charge in [0.05, 0.1) is 66.7 Å². The maximum absolute atomic E-state index is 12.6. The summed E-state index contributed by atoms with van der Waals surface area (Å²) in [5.41, 5.74) is 6.85. The number of halogens is 3. The number of nitrogens with zero attached hydrogens (tertiary/aromatic N) is 6. The van der Waals surface area contributed by atoms with E-state index in [1.165, 1.54) is 40.3 Å². The molecule has 6 aromatic heterocycles. The minimum Gasteiger partial charge on any atom is -0.504 e. The van der Waals surface area contributed by atoms with Crippen molar-refractivity contribution in [2.24, 2.45) is 0 Å². The Hall–Kier alpha value is -5.68. The van der Waals surface area contributed by atoms with Crippen LogP contribution in [0.1, 0.15) is 59.5 Å². The van der Waals surface area contributed by atoms with Gasteiger partial charge in [0.15, 0.2) is 28.1 Å². The number of carbonyl (C=O) groups is 1. The highest BCUT2D eigenvalue weighted by Crippen LogP contribution is 2.50. The number of aldehydes is 1. The first-order valence-electron chi connectivity index (χ1n) is 20.4. The van der Waals surface area contributed by atoms with Crippen molar-refractivity contribution in [1.82, 2.24) is 29.9 Å². The second-order valence-corrected chi connectivity index (χ2v) is 18.7. The third-order valence-corrected chi connectivity index (χ3v) is 15.2. The Balaban J connectivity index is 1.02. The van der Waals surface area contributed by atoms with Crippen LogP contribution >= 0.6 is 68.8 Å². The van der Waals surface area contributed by atoms with Gasteiger partial charge in [0.25, 0.3) is 0 Å². The van der Waals surface area contributed by atoms with Crippen molar-refractivity contribution in [1.29, 1.82) is 0 Å². The maximum Gasteiger partial charge on any atom is 0.164 e. The number of aryl methyl sites for hydroxylation is 1. The number of thiophene rings is 3. The normalized spacial score (nSPS) is 11.5. The van der Waals surface area contributed by atoms with E-state index < -0.39 is 0 Å². The average molecular weight is 984 g/mol. The Bertz CT molecular complexity index is 3320. The first-order valence-corrected chi connectivity index (χ1v) is 24.0. The van der Waals surface area contributed by atoms with Crippen LogP contribution in [-0.4, -0.2) is 68.2 Å². The average Bonchev–Trinajstić information content (AvgIpc) is 3.96. The van der Waals surface area contributed by atoms with Crippen molar-refractivity contribution >= 4 is 106 Å². The molecule has 9 aromatic rings. The molecule has 0 saturated carbocycles. The first kappa shape index (κ1) is 44.5. The van der Waals surface area contributed by atoms with Gasteiger partial charge < -0.3 is 24.1 Å². The quantitative estimate of drug-likeness (QED) is 0.0769. The van der Waals surface area contributed by atoms with Crippen LogP contribution < -0.4 is 18.9 Å². The fraction of sp³-hybridized carbons (Fsp3) is 0.213. The number of rotatable bonds is 15. The molecule has 0 atom stereocenters. The molecule has 6 heterocycles. The van der Waals surface area contributed by atoms with Crippen molar-refractivity contribution in [3.8, 4) is 60.1 Å². The Morgan fingerprint density at radius 3 is 1.72 bits per heavy atom. The molecule has 65 heavy (non-hydrogen) atoms. The summed E-state index contributed by atoms with van der Waals surface area (Å²) >= 11 is 24.1. The highest BCUT2D eigenvalue weighted by molar-refractivity contribution is 7.24. The van der Waals surface area contributed by atoms with Crippen molar-refractivity contribution < 1.29 is 28.8 Å². The third-order valence-electron chi connectivity index (χ3n) is 10.4. The number of hydrogen-bond acceptors (Lipinski definition) is 15. The number of methoxy groups -OCH3 is 1. The SMILES string of the molecule is CCOc1cc(Cc2nc(Cl)c3sc(-c4ccc(C)cc4OCC)c(C=O)c3n2)ccc1-c1sc2c(Cl)nc(Cc3ccc(-c4sc5c(Cl)ncnc5c4OC)c(OCC)c3)nc2c1O. The number of hydrogen-bond donors (Lipinski definition) is 1. The minimum atomic E-state index is -0.0375. The number of aromatic hydroxyl groups is 1. The van der Waals surface area contributed by atoms with Crippen LogP contribution in [-0.2, 0) is 12.8 Å². The van der Waals surface area contributed by atoms with E-state index >= 15 is 0 Å². The Kier molecular flexibility index (Phi) is 12.8. The summed E-state index contributed by atoms with van der Waals surface area (Å²) in [4.78, 5) is 42.2. The second kappa shape index (κ2) is 18.7. The largest absolute Gasteiger partial charge is 0.504 e. The summed E-state index contributed by atoms with van der Waals surface area (Å²) in [6.45, 7) is 8.98. The second-order valence-electron chi connectivity index (χ2n) is 14.6. The molecule has 0 aliphatic heterocycles. The fourth-order valence-electron chi connectivity index (χ4n) is 7.59. The van der Waals surface area contributed by atoms with Gasteiger partial charge in [0.1, 0.15) is 51.4 Å². The summed E-state index contributed by atoms with van der Waals surface area (Å²) in [5, 5.41) is 12.6. The van der Waals surface area contributed by atoms with Crippen LogP contribution in [0.15, 0.2) is 60.9 Å². The zero-order valence-electron chi connectivity index (χ0n) is 35.4. The predicted molar refractivity (Wildman–Crippen MR) is 261 cm³/mol. The lowest BCUT2D eigenvalue weighted by Gasteiger charge is -2.12. The summed E-state index contributed by atoms with van der Waals surface area (Å²) in [6.07, 6.45) is 2.82. The molecule has 0 bridgehead atoms. The molecule has 9 rings (SSSR count). The minimum absolute atomic E-state index is 0.0375. The molecule has 0 amide bonds. The van der Waals surface area contributed by atoms with Gasteiger partial charge in [-0.1, -0.05) is 53.0 Å². The highest BCUT2D eigenvalue weighted by Gasteiger charge is 2.25. The van der Waals surface area contributed by atoms with Gasteiger partial charge in [-0.15, -0.1) is 34.0 Å². The molecule has 0 fully saturated rings. The van der Waals surface area contributed by atoms with E-state index in [1.807, 2.05) is 82.3 Å². The summed E-state index contributed by atoms with van der Waals surface area (Å²) in [7, 11) is 1.60. The standard InChI is InChI=1S/C47H37Cl3N6O6S3/c1-6-60-29-15-22(4)9-12-25(29)39-28(20-57)34-42(63-39)46(49)55-32(53-34)18-23-10-13-26(30(16-23)61-7-2)40-37(58)35-43(64-40)47(50)56-33(54-35)19-24-11-14-27(31(17-24)62-8-3)41-38(59-5)36-44(65-41)45(48)52-21-51-36/h9-17,20-21,58H,6-8,18-19H2,1-5H3. The van der Waals surface area contributed by atoms with Gasteiger partial charge in [0.2, 0.25) is 0 Å². The molecule has 12 nitrogen and oxygen atoms in total. The summed E-state index contributed by atoms with van der Waals surface area (Å²) in [5.74, 6) is 3.25. The topological polar surface area (TPSA) is 152 Å². The zero-order valence-corrected chi connectivity index (χ0v) is 40.1. The molecule has 3 aromatic carbocycles. The van der Waals surface area contributed by atoms with Gasteiger partial charge in [-0.2, -0.15) is 0 Å². The van der Waals surface area contributed by atoms with Gasteiger partial charge in [0, 0.05) is 29.5 Å².